The Morgan fingerprint density at radius 2 is 1.67 bits per heavy atom. The molecule has 1 heterocycles. The largest absolute Gasteiger partial charge is 0.340 e. The molecule has 0 aromatic carbocycles. The van der Waals surface area contributed by atoms with Crippen LogP contribution in [-0.4, -0.2) is 36.5 Å². The molecule has 0 aromatic heterocycles. The van der Waals surface area contributed by atoms with Gasteiger partial charge in [-0.15, -0.1) is 0 Å². The van der Waals surface area contributed by atoms with E-state index in [9.17, 15) is 4.79 Å². The van der Waals surface area contributed by atoms with Crippen molar-refractivity contribution in [3.8, 4) is 0 Å². The Morgan fingerprint density at radius 1 is 1.07 bits per heavy atom. The Balaban J connectivity index is 1.85. The number of hydrogen-bond donors (Lipinski definition) is 1. The molecule has 5 heteroatoms. The standard InChI is InChI=1S/C22H41N3O2/c1-2-3-4-5-6-7-8-9-10-11-12-13-14-15-16-21(23)19-22(26)27-25-18-17-24-20-25/h15-16,20-21H,2-14,17-19,23H2,1H3/b16-15+. The SMILES string of the molecule is CCCCCCCCCCCCCC/C=C/C(N)CC(=O)ON1C=NCC1. The van der Waals surface area contributed by atoms with Crippen LogP contribution in [0.1, 0.15) is 96.8 Å². The molecule has 1 atom stereocenters. The van der Waals surface area contributed by atoms with E-state index in [1.807, 2.05) is 6.08 Å². The number of nitrogens with two attached hydrogens (primary N) is 1. The summed E-state index contributed by atoms with van der Waals surface area (Å²) in [6, 6.07) is -0.269. The first-order valence-corrected chi connectivity index (χ1v) is 11.1. The molecule has 5 nitrogen and oxygen atoms in total. The van der Waals surface area contributed by atoms with Crippen LogP contribution in [0.15, 0.2) is 17.1 Å². The minimum Gasteiger partial charge on any atom is -0.340 e. The molecule has 0 spiro atoms. The lowest BCUT2D eigenvalue weighted by molar-refractivity contribution is -0.170. The van der Waals surface area contributed by atoms with Crippen molar-refractivity contribution in [3.63, 3.8) is 0 Å². The number of carbonyl (C=O) groups excluding carboxylic acids is 1. The number of hydrogen-bond acceptors (Lipinski definition) is 5. The Morgan fingerprint density at radius 3 is 2.22 bits per heavy atom. The normalized spacial score (nSPS) is 15.0. The smallest absolute Gasteiger partial charge is 0.334 e. The maximum absolute atomic E-state index is 11.7. The fourth-order valence-electron chi connectivity index (χ4n) is 3.23. The third-order valence-corrected chi connectivity index (χ3v) is 4.89. The van der Waals surface area contributed by atoms with Gasteiger partial charge in [0.2, 0.25) is 0 Å². The second kappa shape index (κ2) is 16.8. The van der Waals surface area contributed by atoms with Gasteiger partial charge in [-0.2, -0.15) is 5.06 Å². The van der Waals surface area contributed by atoms with Crippen LogP contribution >= 0.6 is 0 Å². The summed E-state index contributed by atoms with van der Waals surface area (Å²) in [7, 11) is 0. The Labute approximate surface area is 166 Å². The molecule has 0 saturated heterocycles. The van der Waals surface area contributed by atoms with Crippen LogP contribution in [0.4, 0.5) is 0 Å². The van der Waals surface area contributed by atoms with Gasteiger partial charge in [-0.25, -0.2) is 4.79 Å². The maximum atomic E-state index is 11.7. The number of nitrogens with zero attached hydrogens (tertiary/aromatic N) is 2. The predicted molar refractivity (Wildman–Crippen MR) is 114 cm³/mol. The van der Waals surface area contributed by atoms with Crippen molar-refractivity contribution in [3.05, 3.63) is 12.2 Å². The second-order valence-electron chi connectivity index (χ2n) is 7.60. The number of aliphatic imine (C=N–C) groups is 1. The van der Waals surface area contributed by atoms with E-state index >= 15 is 0 Å². The van der Waals surface area contributed by atoms with E-state index in [0.29, 0.717) is 13.1 Å². The molecule has 1 aliphatic rings. The molecule has 156 valence electrons. The number of allylic oxidation sites excluding steroid dienone is 1. The van der Waals surface area contributed by atoms with E-state index in [2.05, 4.69) is 18.0 Å². The summed E-state index contributed by atoms with van der Waals surface area (Å²) in [5.74, 6) is -0.300. The fourth-order valence-corrected chi connectivity index (χ4v) is 3.23. The summed E-state index contributed by atoms with van der Waals surface area (Å²) in [6.07, 6.45) is 23.2. The predicted octanol–water partition coefficient (Wildman–Crippen LogP) is 5.15. The average Bonchev–Trinajstić information content (AvgIpc) is 3.14. The Bertz CT molecular complexity index is 424. The maximum Gasteiger partial charge on any atom is 0.334 e. The molecule has 0 aromatic rings. The summed E-state index contributed by atoms with van der Waals surface area (Å²) >= 11 is 0. The lowest BCUT2D eigenvalue weighted by atomic mass is 10.0. The van der Waals surface area contributed by atoms with E-state index in [4.69, 9.17) is 10.6 Å². The molecule has 1 rings (SSSR count). The number of unbranched alkanes of at least 4 members (excludes halogenated alkanes) is 12. The molecule has 1 aliphatic heterocycles. The summed E-state index contributed by atoms with van der Waals surface area (Å²) in [5.41, 5.74) is 5.96. The summed E-state index contributed by atoms with van der Waals surface area (Å²) in [5, 5.41) is 1.46. The van der Waals surface area contributed by atoms with Gasteiger partial charge in [0.05, 0.1) is 19.5 Å². The molecule has 0 bridgehead atoms. The van der Waals surface area contributed by atoms with E-state index < -0.39 is 0 Å². The third kappa shape index (κ3) is 14.4. The molecule has 0 aliphatic carbocycles. The van der Waals surface area contributed by atoms with Crippen LogP contribution < -0.4 is 5.73 Å². The molecule has 0 saturated carbocycles. The van der Waals surface area contributed by atoms with Crippen LogP contribution in [0.25, 0.3) is 0 Å². The van der Waals surface area contributed by atoms with Crippen molar-refractivity contribution >= 4 is 12.3 Å². The fraction of sp³-hybridized carbons (Fsp3) is 0.818. The Hall–Kier alpha value is -1.36. The van der Waals surface area contributed by atoms with Gasteiger partial charge in [-0.1, -0.05) is 89.7 Å². The first-order chi connectivity index (χ1) is 13.2. The highest BCUT2D eigenvalue weighted by Crippen LogP contribution is 2.12. The van der Waals surface area contributed by atoms with Gasteiger partial charge in [0.1, 0.15) is 6.34 Å². The summed E-state index contributed by atoms with van der Waals surface area (Å²) in [4.78, 5) is 20.8. The highest BCUT2D eigenvalue weighted by atomic mass is 16.7. The van der Waals surface area contributed by atoms with Crippen LogP contribution in [0.5, 0.6) is 0 Å². The van der Waals surface area contributed by atoms with Crippen molar-refractivity contribution in [1.29, 1.82) is 0 Å². The first kappa shape index (κ1) is 23.7. The van der Waals surface area contributed by atoms with Crippen LogP contribution in [0.3, 0.4) is 0 Å². The van der Waals surface area contributed by atoms with Gasteiger partial charge in [-0.3, -0.25) is 4.99 Å². The Kier molecular flexibility index (Phi) is 14.7. The molecular weight excluding hydrogens is 338 g/mol. The third-order valence-electron chi connectivity index (χ3n) is 4.89. The lowest BCUT2D eigenvalue weighted by Crippen LogP contribution is -2.29. The zero-order valence-corrected chi connectivity index (χ0v) is 17.4. The first-order valence-electron chi connectivity index (χ1n) is 11.1. The minimum atomic E-state index is -0.300. The summed E-state index contributed by atoms with van der Waals surface area (Å²) < 4.78 is 0. The zero-order chi connectivity index (χ0) is 19.6. The number of carbonyl (C=O) groups is 1. The van der Waals surface area contributed by atoms with Gasteiger partial charge in [0.25, 0.3) is 0 Å². The second-order valence-corrected chi connectivity index (χ2v) is 7.60. The van der Waals surface area contributed by atoms with Crippen LogP contribution in [0.2, 0.25) is 0 Å². The number of rotatable bonds is 17. The molecule has 0 radical (unpaired) electrons. The average molecular weight is 380 g/mol. The van der Waals surface area contributed by atoms with Gasteiger partial charge >= 0.3 is 5.97 Å². The van der Waals surface area contributed by atoms with E-state index in [1.165, 1.54) is 82.1 Å². The summed E-state index contributed by atoms with van der Waals surface area (Å²) in [6.45, 7) is 3.58. The quantitative estimate of drug-likeness (QED) is 0.280. The molecular formula is C22H41N3O2. The topological polar surface area (TPSA) is 67.9 Å². The van der Waals surface area contributed by atoms with Crippen molar-refractivity contribution in [2.45, 2.75) is 103 Å². The number of hydroxylamine groups is 2. The minimum absolute atomic E-state index is 0.208. The van der Waals surface area contributed by atoms with Gasteiger partial charge in [0, 0.05) is 6.04 Å². The highest BCUT2D eigenvalue weighted by Gasteiger charge is 2.14. The van der Waals surface area contributed by atoms with Crippen molar-refractivity contribution in [2.24, 2.45) is 10.7 Å². The van der Waals surface area contributed by atoms with Gasteiger partial charge < -0.3 is 10.6 Å². The lowest BCUT2D eigenvalue weighted by Gasteiger charge is -2.14. The monoisotopic (exact) mass is 379 g/mol. The molecule has 27 heavy (non-hydrogen) atoms. The van der Waals surface area contributed by atoms with Crippen molar-refractivity contribution in [2.75, 3.05) is 13.1 Å². The van der Waals surface area contributed by atoms with E-state index in [1.54, 1.807) is 6.34 Å². The van der Waals surface area contributed by atoms with Crippen molar-refractivity contribution < 1.29 is 9.63 Å². The zero-order valence-electron chi connectivity index (χ0n) is 17.4. The molecule has 2 N–H and O–H groups in total. The van der Waals surface area contributed by atoms with E-state index in [-0.39, 0.29) is 18.4 Å². The van der Waals surface area contributed by atoms with Crippen molar-refractivity contribution in [1.82, 2.24) is 5.06 Å². The van der Waals surface area contributed by atoms with E-state index in [0.717, 1.165) is 6.42 Å². The van der Waals surface area contributed by atoms with Gasteiger partial charge in [-0.05, 0) is 12.8 Å². The molecule has 1 unspecified atom stereocenters. The highest BCUT2D eigenvalue weighted by molar-refractivity contribution is 5.71. The van der Waals surface area contributed by atoms with Crippen LogP contribution in [-0.2, 0) is 9.63 Å². The molecule has 0 fully saturated rings. The molecule has 0 amide bonds. The van der Waals surface area contributed by atoms with Gasteiger partial charge in [0.15, 0.2) is 0 Å². The van der Waals surface area contributed by atoms with Crippen LogP contribution in [0, 0.1) is 0 Å².